The molecule has 24 heavy (non-hydrogen) atoms. The lowest BCUT2D eigenvalue weighted by atomic mass is 9.96. The van der Waals surface area contributed by atoms with E-state index < -0.39 is 12.1 Å². The Morgan fingerprint density at radius 2 is 1.83 bits per heavy atom. The molecule has 126 valence electrons. The van der Waals surface area contributed by atoms with E-state index in [1.165, 1.54) is 11.3 Å². The largest absolute Gasteiger partial charge is 0.497 e. The SMILES string of the molecule is COc1ccc(C(=O)[C@H](C)OC(=O)c2csc3c2CCCC3)cc1. The van der Waals surface area contributed by atoms with E-state index in [9.17, 15) is 9.59 Å². The van der Waals surface area contributed by atoms with Crippen molar-refractivity contribution in [3.05, 3.63) is 51.2 Å². The van der Waals surface area contributed by atoms with Crippen LogP contribution in [0.3, 0.4) is 0 Å². The molecule has 0 bridgehead atoms. The van der Waals surface area contributed by atoms with E-state index in [0.29, 0.717) is 16.9 Å². The van der Waals surface area contributed by atoms with Gasteiger partial charge in [-0.1, -0.05) is 0 Å². The van der Waals surface area contributed by atoms with Gasteiger partial charge in [0.1, 0.15) is 5.75 Å². The number of hydrogen-bond donors (Lipinski definition) is 0. The molecule has 0 fully saturated rings. The summed E-state index contributed by atoms with van der Waals surface area (Å²) >= 11 is 1.62. The number of aryl methyl sites for hydroxylation is 1. The van der Waals surface area contributed by atoms with Gasteiger partial charge in [-0.3, -0.25) is 4.79 Å². The van der Waals surface area contributed by atoms with Crippen molar-refractivity contribution >= 4 is 23.1 Å². The second kappa shape index (κ2) is 7.18. The van der Waals surface area contributed by atoms with Crippen molar-refractivity contribution in [1.29, 1.82) is 0 Å². The van der Waals surface area contributed by atoms with Crippen molar-refractivity contribution in [2.45, 2.75) is 38.7 Å². The zero-order chi connectivity index (χ0) is 17.1. The molecule has 2 aromatic rings. The minimum Gasteiger partial charge on any atom is -0.497 e. The number of fused-ring (bicyclic) bond motifs is 1. The lowest BCUT2D eigenvalue weighted by molar-refractivity contribution is 0.0318. The highest BCUT2D eigenvalue weighted by atomic mass is 32.1. The van der Waals surface area contributed by atoms with E-state index >= 15 is 0 Å². The Kier molecular flexibility index (Phi) is 5.00. The molecule has 3 rings (SSSR count). The fourth-order valence-electron chi connectivity index (χ4n) is 2.93. The highest BCUT2D eigenvalue weighted by molar-refractivity contribution is 7.10. The molecule has 5 heteroatoms. The molecule has 1 atom stereocenters. The average Bonchev–Trinajstić information content (AvgIpc) is 3.05. The smallest absolute Gasteiger partial charge is 0.339 e. The summed E-state index contributed by atoms with van der Waals surface area (Å²) < 4.78 is 10.5. The van der Waals surface area contributed by atoms with Gasteiger partial charge in [0.05, 0.1) is 12.7 Å². The van der Waals surface area contributed by atoms with Crippen LogP contribution < -0.4 is 4.74 Å². The van der Waals surface area contributed by atoms with Gasteiger partial charge >= 0.3 is 5.97 Å². The minimum absolute atomic E-state index is 0.213. The first-order valence-corrected chi connectivity index (χ1v) is 8.96. The monoisotopic (exact) mass is 344 g/mol. The normalized spacial score (nSPS) is 14.6. The summed E-state index contributed by atoms with van der Waals surface area (Å²) in [6, 6.07) is 6.80. The van der Waals surface area contributed by atoms with Crippen LogP contribution in [-0.4, -0.2) is 25.0 Å². The third-order valence-electron chi connectivity index (χ3n) is 4.31. The van der Waals surface area contributed by atoms with Crippen molar-refractivity contribution in [2.24, 2.45) is 0 Å². The number of rotatable bonds is 5. The van der Waals surface area contributed by atoms with E-state index in [1.54, 1.807) is 49.6 Å². The van der Waals surface area contributed by atoms with Gasteiger partial charge in [0, 0.05) is 15.8 Å². The van der Waals surface area contributed by atoms with E-state index in [0.717, 1.165) is 24.8 Å². The van der Waals surface area contributed by atoms with Crippen LogP contribution in [0.5, 0.6) is 5.75 Å². The molecule has 1 heterocycles. The van der Waals surface area contributed by atoms with Gasteiger partial charge in [0.25, 0.3) is 0 Å². The molecule has 0 spiro atoms. The lowest BCUT2D eigenvalue weighted by Gasteiger charge is -2.15. The molecule has 0 aliphatic heterocycles. The molecular weight excluding hydrogens is 324 g/mol. The van der Waals surface area contributed by atoms with Crippen LogP contribution >= 0.6 is 11.3 Å². The van der Waals surface area contributed by atoms with Gasteiger partial charge in [-0.2, -0.15) is 0 Å². The fraction of sp³-hybridized carbons (Fsp3) is 0.368. The second-order valence-corrected chi connectivity index (χ2v) is 6.86. The molecule has 0 saturated heterocycles. The Hall–Kier alpha value is -2.14. The number of carbonyl (C=O) groups is 2. The van der Waals surface area contributed by atoms with Crippen LogP contribution in [-0.2, 0) is 17.6 Å². The minimum atomic E-state index is -0.815. The molecule has 1 aliphatic carbocycles. The highest BCUT2D eigenvalue weighted by Crippen LogP contribution is 2.30. The summed E-state index contributed by atoms with van der Waals surface area (Å²) in [6.07, 6.45) is 3.42. The average molecular weight is 344 g/mol. The van der Waals surface area contributed by atoms with E-state index in [1.807, 2.05) is 5.38 Å². The Bertz CT molecular complexity index is 745. The summed E-state index contributed by atoms with van der Waals surface area (Å²) in [6.45, 7) is 1.61. The third kappa shape index (κ3) is 3.36. The Morgan fingerprint density at radius 3 is 2.54 bits per heavy atom. The van der Waals surface area contributed by atoms with Gasteiger partial charge in [0.2, 0.25) is 5.78 Å². The van der Waals surface area contributed by atoms with Crippen LogP contribution in [0, 0.1) is 0 Å². The molecule has 1 aromatic heterocycles. The molecule has 0 unspecified atom stereocenters. The number of esters is 1. The first kappa shape index (κ1) is 16.7. The first-order valence-electron chi connectivity index (χ1n) is 8.08. The van der Waals surface area contributed by atoms with E-state index in [-0.39, 0.29) is 5.78 Å². The molecule has 0 N–H and O–H groups in total. The maximum atomic E-state index is 12.4. The number of ether oxygens (including phenoxy) is 2. The van der Waals surface area contributed by atoms with Crippen molar-refractivity contribution in [1.82, 2.24) is 0 Å². The predicted molar refractivity (Wildman–Crippen MR) is 93.2 cm³/mol. The number of methoxy groups -OCH3 is 1. The first-order chi connectivity index (χ1) is 11.6. The van der Waals surface area contributed by atoms with Gasteiger partial charge in [0.15, 0.2) is 6.10 Å². The predicted octanol–water partition coefficient (Wildman–Crippen LogP) is 4.06. The quantitative estimate of drug-likeness (QED) is 0.606. The second-order valence-electron chi connectivity index (χ2n) is 5.90. The summed E-state index contributed by atoms with van der Waals surface area (Å²) in [5.41, 5.74) is 2.24. The number of hydrogen-bond acceptors (Lipinski definition) is 5. The maximum absolute atomic E-state index is 12.4. The van der Waals surface area contributed by atoms with Gasteiger partial charge < -0.3 is 9.47 Å². The standard InChI is InChI=1S/C19H20O4S/c1-12(18(20)13-7-9-14(22-2)10-8-13)23-19(21)16-11-24-17-6-4-3-5-15(16)17/h7-12H,3-6H2,1-2H3/t12-/m0/s1. The van der Waals surface area contributed by atoms with Crippen LogP contribution in [0.2, 0.25) is 0 Å². The number of carbonyl (C=O) groups excluding carboxylic acids is 2. The topological polar surface area (TPSA) is 52.6 Å². The highest BCUT2D eigenvalue weighted by Gasteiger charge is 2.25. The molecule has 0 saturated carbocycles. The number of thiophene rings is 1. The molecule has 0 radical (unpaired) electrons. The maximum Gasteiger partial charge on any atom is 0.339 e. The van der Waals surface area contributed by atoms with E-state index in [2.05, 4.69) is 0 Å². The Balaban J connectivity index is 1.69. The summed E-state index contributed by atoms with van der Waals surface area (Å²) in [4.78, 5) is 26.1. The van der Waals surface area contributed by atoms with Crippen molar-refractivity contribution < 1.29 is 19.1 Å². The number of benzene rings is 1. The molecule has 4 nitrogen and oxygen atoms in total. The van der Waals surface area contributed by atoms with Crippen LogP contribution in [0.15, 0.2) is 29.6 Å². The Labute approximate surface area is 145 Å². The van der Waals surface area contributed by atoms with Gasteiger partial charge in [-0.15, -0.1) is 11.3 Å². The zero-order valence-corrected chi connectivity index (χ0v) is 14.7. The van der Waals surface area contributed by atoms with Crippen LogP contribution in [0.25, 0.3) is 0 Å². The summed E-state index contributed by atoms with van der Waals surface area (Å²) in [5.74, 6) is 0.0694. The molecule has 1 aromatic carbocycles. The third-order valence-corrected chi connectivity index (χ3v) is 5.40. The molecule has 1 aliphatic rings. The van der Waals surface area contributed by atoms with Crippen LogP contribution in [0.1, 0.15) is 50.9 Å². The van der Waals surface area contributed by atoms with Crippen molar-refractivity contribution in [2.75, 3.05) is 7.11 Å². The number of Topliss-reactive ketones (excluding diaryl/α,β-unsaturated/α-hetero) is 1. The van der Waals surface area contributed by atoms with E-state index in [4.69, 9.17) is 9.47 Å². The Morgan fingerprint density at radius 1 is 1.12 bits per heavy atom. The molecule has 0 amide bonds. The van der Waals surface area contributed by atoms with Gasteiger partial charge in [-0.05, 0) is 62.4 Å². The summed E-state index contributed by atoms with van der Waals surface area (Å²) in [7, 11) is 1.57. The van der Waals surface area contributed by atoms with Gasteiger partial charge in [-0.25, -0.2) is 4.79 Å². The molecular formula is C19H20O4S. The lowest BCUT2D eigenvalue weighted by Crippen LogP contribution is -2.24. The van der Waals surface area contributed by atoms with Crippen LogP contribution in [0.4, 0.5) is 0 Å². The summed E-state index contributed by atoms with van der Waals surface area (Å²) in [5, 5.41) is 1.86. The zero-order valence-electron chi connectivity index (χ0n) is 13.8. The van der Waals surface area contributed by atoms with Crippen molar-refractivity contribution in [3.8, 4) is 5.75 Å². The fourth-order valence-corrected chi connectivity index (χ4v) is 4.05. The number of ketones is 1. The van der Waals surface area contributed by atoms with Crippen molar-refractivity contribution in [3.63, 3.8) is 0 Å².